The van der Waals surface area contributed by atoms with E-state index in [0.717, 1.165) is 0 Å². The van der Waals surface area contributed by atoms with Crippen LogP contribution in [-0.4, -0.2) is 29.9 Å². The second kappa shape index (κ2) is 8.08. The van der Waals surface area contributed by atoms with Crippen LogP contribution in [0.3, 0.4) is 0 Å². The van der Waals surface area contributed by atoms with Crippen molar-refractivity contribution in [2.45, 2.75) is 12.0 Å². The van der Waals surface area contributed by atoms with Crippen molar-refractivity contribution in [1.29, 1.82) is 0 Å². The lowest BCUT2D eigenvalue weighted by Gasteiger charge is -2.22. The summed E-state index contributed by atoms with van der Waals surface area (Å²) in [4.78, 5) is 24.0. The number of methoxy groups -OCH3 is 1. The van der Waals surface area contributed by atoms with E-state index in [4.69, 9.17) is 23.2 Å². The minimum Gasteiger partial charge on any atom is -0.452 e. The third kappa shape index (κ3) is 4.00. The molecule has 1 aliphatic rings. The molecule has 0 spiro atoms. The smallest absolute Gasteiger partial charge is 0.427 e. The van der Waals surface area contributed by atoms with Gasteiger partial charge in [-0.3, -0.25) is 4.79 Å². The highest BCUT2D eigenvalue weighted by Crippen LogP contribution is 2.41. The number of hydrogen-bond acceptors (Lipinski definition) is 5. The fourth-order valence-corrected chi connectivity index (χ4v) is 3.69. The van der Waals surface area contributed by atoms with Gasteiger partial charge in [-0.1, -0.05) is 45.2 Å². The van der Waals surface area contributed by atoms with Gasteiger partial charge in [0.1, 0.15) is 0 Å². The van der Waals surface area contributed by atoms with Gasteiger partial charge in [-0.15, -0.1) is 0 Å². The van der Waals surface area contributed by atoms with Crippen molar-refractivity contribution in [1.82, 2.24) is 5.43 Å². The Morgan fingerprint density at radius 3 is 2.75 bits per heavy atom. The van der Waals surface area contributed by atoms with E-state index in [2.05, 4.69) is 36.5 Å². The van der Waals surface area contributed by atoms with Gasteiger partial charge in [-0.05, 0) is 30.3 Å². The third-order valence-corrected chi connectivity index (χ3v) is 5.22. The average Bonchev–Trinajstić information content (AvgIpc) is 2.89. The first-order chi connectivity index (χ1) is 13.2. The molecule has 0 fully saturated rings. The van der Waals surface area contributed by atoms with Gasteiger partial charge in [0, 0.05) is 32.7 Å². The standard InChI is InChI=1S/C18H14BrCl2N3O4/c1-28-17(26)24-23-15(11-4-3-10(20)7-13(11)21)8-18(27)12-6-9(19)2-5-14(12)22-16(18)25/h2-7,27H,8H2,1H3,(H,22,25)(H,24,26)/b23-15+/t18-/m0/s1. The molecule has 0 radical (unpaired) electrons. The molecule has 146 valence electrons. The van der Waals surface area contributed by atoms with Crippen molar-refractivity contribution in [3.8, 4) is 0 Å². The maximum absolute atomic E-state index is 12.6. The minimum absolute atomic E-state index is 0.164. The molecule has 1 atom stereocenters. The number of amides is 2. The Kier molecular flexibility index (Phi) is 5.95. The Hall–Kier alpha value is -2.13. The zero-order chi connectivity index (χ0) is 20.5. The van der Waals surface area contributed by atoms with Crippen molar-refractivity contribution >= 4 is 62.5 Å². The van der Waals surface area contributed by atoms with Crippen LogP contribution in [-0.2, 0) is 15.1 Å². The molecule has 7 nitrogen and oxygen atoms in total. The largest absolute Gasteiger partial charge is 0.452 e. The number of carbonyl (C=O) groups excluding carboxylic acids is 2. The second-order valence-electron chi connectivity index (χ2n) is 5.97. The van der Waals surface area contributed by atoms with Gasteiger partial charge in [0.25, 0.3) is 5.91 Å². The summed E-state index contributed by atoms with van der Waals surface area (Å²) in [6.45, 7) is 0. The number of ether oxygens (including phenoxy) is 1. The first kappa shape index (κ1) is 20.6. The van der Waals surface area contributed by atoms with Crippen LogP contribution in [0.1, 0.15) is 17.5 Å². The van der Waals surface area contributed by atoms with Gasteiger partial charge >= 0.3 is 6.09 Å². The molecule has 0 aromatic heterocycles. The Balaban J connectivity index is 2.06. The normalized spacial score (nSPS) is 18.5. The molecule has 0 saturated carbocycles. The van der Waals surface area contributed by atoms with Crippen LogP contribution in [0.15, 0.2) is 46.0 Å². The monoisotopic (exact) mass is 485 g/mol. The molecule has 2 aromatic carbocycles. The van der Waals surface area contributed by atoms with E-state index >= 15 is 0 Å². The SMILES string of the molecule is COC(=O)N/N=C(\C[C@@]1(O)C(=O)Nc2ccc(Br)cc21)c1ccc(Cl)cc1Cl. The Morgan fingerprint density at radius 2 is 2.07 bits per heavy atom. The first-order valence-corrected chi connectivity index (χ1v) is 9.49. The third-order valence-electron chi connectivity index (χ3n) is 4.18. The van der Waals surface area contributed by atoms with Gasteiger partial charge in [0.2, 0.25) is 0 Å². The van der Waals surface area contributed by atoms with Gasteiger partial charge in [-0.25, -0.2) is 10.2 Å². The maximum atomic E-state index is 12.6. The summed E-state index contributed by atoms with van der Waals surface area (Å²) >= 11 is 15.5. The summed E-state index contributed by atoms with van der Waals surface area (Å²) in [5, 5.41) is 18.5. The average molecular weight is 487 g/mol. The van der Waals surface area contributed by atoms with Gasteiger partial charge < -0.3 is 15.2 Å². The molecule has 0 bridgehead atoms. The highest BCUT2D eigenvalue weighted by molar-refractivity contribution is 9.10. The molecule has 0 saturated heterocycles. The number of benzene rings is 2. The number of fused-ring (bicyclic) bond motifs is 1. The number of anilines is 1. The molecule has 3 rings (SSSR count). The van der Waals surface area contributed by atoms with Crippen molar-refractivity contribution in [3.05, 3.63) is 62.0 Å². The zero-order valence-electron chi connectivity index (χ0n) is 14.4. The summed E-state index contributed by atoms with van der Waals surface area (Å²) in [6.07, 6.45) is -1.07. The predicted molar refractivity (Wildman–Crippen MR) is 110 cm³/mol. The van der Waals surface area contributed by atoms with Gasteiger partial charge in [-0.2, -0.15) is 5.10 Å². The second-order valence-corrected chi connectivity index (χ2v) is 7.73. The molecule has 28 heavy (non-hydrogen) atoms. The lowest BCUT2D eigenvalue weighted by Crippen LogP contribution is -2.37. The first-order valence-electron chi connectivity index (χ1n) is 7.94. The van der Waals surface area contributed by atoms with Crippen molar-refractivity contribution in [2.24, 2.45) is 5.10 Å². The number of hydrazone groups is 1. The van der Waals surface area contributed by atoms with Gasteiger partial charge in [0.15, 0.2) is 5.60 Å². The molecule has 0 unspecified atom stereocenters. The summed E-state index contributed by atoms with van der Waals surface area (Å²) in [6, 6.07) is 9.72. The van der Waals surface area contributed by atoms with Crippen LogP contribution in [0.25, 0.3) is 0 Å². The predicted octanol–water partition coefficient (Wildman–Crippen LogP) is 4.05. The summed E-state index contributed by atoms with van der Waals surface area (Å²) in [5.74, 6) is -0.614. The van der Waals surface area contributed by atoms with Crippen LogP contribution in [0.4, 0.5) is 10.5 Å². The van der Waals surface area contributed by atoms with Crippen LogP contribution >= 0.6 is 39.1 Å². The van der Waals surface area contributed by atoms with Crippen molar-refractivity contribution in [2.75, 3.05) is 12.4 Å². The molecule has 1 heterocycles. The number of nitrogens with zero attached hydrogens (tertiary/aromatic N) is 1. The maximum Gasteiger partial charge on any atom is 0.427 e. The van der Waals surface area contributed by atoms with E-state index in [0.29, 0.717) is 26.3 Å². The van der Waals surface area contributed by atoms with Gasteiger partial charge in [0.05, 0.1) is 17.8 Å². The Morgan fingerprint density at radius 1 is 1.32 bits per heavy atom. The van der Waals surface area contributed by atoms with Crippen molar-refractivity contribution in [3.63, 3.8) is 0 Å². The highest BCUT2D eigenvalue weighted by atomic mass is 79.9. The number of hydrogen-bond donors (Lipinski definition) is 3. The molecule has 0 aliphatic carbocycles. The topological polar surface area (TPSA) is 100 Å². The number of aliphatic hydroxyl groups is 1. The van der Waals surface area contributed by atoms with Crippen LogP contribution in [0.2, 0.25) is 10.0 Å². The highest BCUT2D eigenvalue weighted by Gasteiger charge is 2.46. The zero-order valence-corrected chi connectivity index (χ0v) is 17.5. The summed E-state index contributed by atoms with van der Waals surface area (Å²) < 4.78 is 5.21. The number of rotatable bonds is 4. The Bertz CT molecular complexity index is 999. The number of halogens is 3. The van der Waals surface area contributed by atoms with Crippen LogP contribution in [0, 0.1) is 0 Å². The number of nitrogens with one attached hydrogen (secondary N) is 2. The lowest BCUT2D eigenvalue weighted by atomic mass is 9.87. The number of carbonyl (C=O) groups is 2. The summed E-state index contributed by atoms with van der Waals surface area (Å²) in [5.41, 5.74) is 1.70. The molecule has 10 heteroatoms. The lowest BCUT2D eigenvalue weighted by molar-refractivity contribution is -0.132. The fraction of sp³-hybridized carbons (Fsp3) is 0.167. The molecular formula is C18H14BrCl2N3O4. The molecule has 3 N–H and O–H groups in total. The molecule has 1 aliphatic heterocycles. The van der Waals surface area contributed by atoms with E-state index in [9.17, 15) is 14.7 Å². The summed E-state index contributed by atoms with van der Waals surface area (Å²) in [7, 11) is 1.19. The molecule has 2 aromatic rings. The van der Waals surface area contributed by atoms with E-state index in [1.54, 1.807) is 30.3 Å². The van der Waals surface area contributed by atoms with Crippen LogP contribution < -0.4 is 10.7 Å². The quantitative estimate of drug-likeness (QED) is 0.448. The fourth-order valence-electron chi connectivity index (χ4n) is 2.81. The van der Waals surface area contributed by atoms with E-state index in [1.807, 2.05) is 0 Å². The Labute approximate surface area is 178 Å². The van der Waals surface area contributed by atoms with E-state index in [1.165, 1.54) is 13.2 Å². The molecule has 2 amide bonds. The van der Waals surface area contributed by atoms with Crippen LogP contribution in [0.5, 0.6) is 0 Å². The molecular weight excluding hydrogens is 473 g/mol. The van der Waals surface area contributed by atoms with E-state index < -0.39 is 17.6 Å². The minimum atomic E-state index is -1.92. The van der Waals surface area contributed by atoms with Crippen molar-refractivity contribution < 1.29 is 19.4 Å². The van der Waals surface area contributed by atoms with E-state index in [-0.39, 0.29) is 17.2 Å².